The number of amides is 2. The maximum absolute atomic E-state index is 11.4. The van der Waals surface area contributed by atoms with Crippen LogP contribution in [0.3, 0.4) is 0 Å². The predicted octanol–water partition coefficient (Wildman–Crippen LogP) is -0.990. The minimum Gasteiger partial charge on any atom is -0.396 e. The zero-order valence-electron chi connectivity index (χ0n) is 8.25. The summed E-state index contributed by atoms with van der Waals surface area (Å²) < 4.78 is 0. The van der Waals surface area contributed by atoms with Crippen LogP contribution in [0, 0.1) is 5.92 Å². The maximum atomic E-state index is 11.4. The topological polar surface area (TPSA) is 78.4 Å². The molecule has 1 saturated heterocycles. The Morgan fingerprint density at radius 2 is 2.50 bits per heavy atom. The monoisotopic (exact) mass is 200 g/mol. The number of carbonyl (C=O) groups excluding carboxylic acids is 2. The first-order valence-corrected chi connectivity index (χ1v) is 4.81. The summed E-state index contributed by atoms with van der Waals surface area (Å²) in [6.07, 6.45) is 0.992. The molecule has 0 spiro atoms. The molecule has 1 aliphatic rings. The lowest BCUT2D eigenvalue weighted by molar-refractivity contribution is -0.125. The zero-order valence-corrected chi connectivity index (χ0v) is 8.25. The molecule has 5 nitrogen and oxygen atoms in total. The fourth-order valence-corrected chi connectivity index (χ4v) is 1.27. The van der Waals surface area contributed by atoms with E-state index >= 15 is 0 Å². The van der Waals surface area contributed by atoms with Crippen molar-refractivity contribution in [1.29, 1.82) is 0 Å². The number of nitrogens with one attached hydrogen (secondary N) is 2. The van der Waals surface area contributed by atoms with Crippen molar-refractivity contribution in [3.63, 3.8) is 0 Å². The molecule has 0 aromatic rings. The molecule has 14 heavy (non-hydrogen) atoms. The first-order chi connectivity index (χ1) is 6.63. The second-order valence-corrected chi connectivity index (χ2v) is 3.69. The highest BCUT2D eigenvalue weighted by molar-refractivity contribution is 5.90. The van der Waals surface area contributed by atoms with Gasteiger partial charge in [-0.15, -0.1) is 0 Å². The Balaban J connectivity index is 2.25. The molecular weight excluding hydrogens is 184 g/mol. The van der Waals surface area contributed by atoms with Gasteiger partial charge in [0.05, 0.1) is 0 Å². The molecule has 80 valence electrons. The SMILES string of the molecule is CC(CO)CNC(=O)[C@@H]1CCC(=O)N1. The molecule has 1 fully saturated rings. The first-order valence-electron chi connectivity index (χ1n) is 4.81. The lowest BCUT2D eigenvalue weighted by atomic mass is 10.2. The molecule has 0 bridgehead atoms. The molecule has 0 aliphatic carbocycles. The van der Waals surface area contributed by atoms with Gasteiger partial charge >= 0.3 is 0 Å². The van der Waals surface area contributed by atoms with Gasteiger partial charge in [-0.1, -0.05) is 6.92 Å². The van der Waals surface area contributed by atoms with E-state index < -0.39 is 0 Å². The van der Waals surface area contributed by atoms with Gasteiger partial charge < -0.3 is 15.7 Å². The fourth-order valence-electron chi connectivity index (χ4n) is 1.27. The van der Waals surface area contributed by atoms with Crippen LogP contribution in [0.5, 0.6) is 0 Å². The van der Waals surface area contributed by atoms with Crippen molar-refractivity contribution in [3.8, 4) is 0 Å². The Hall–Kier alpha value is -1.10. The van der Waals surface area contributed by atoms with Crippen LogP contribution in [0.2, 0.25) is 0 Å². The van der Waals surface area contributed by atoms with Crippen molar-refractivity contribution >= 4 is 11.8 Å². The molecule has 0 saturated carbocycles. The van der Waals surface area contributed by atoms with Crippen molar-refractivity contribution in [2.45, 2.75) is 25.8 Å². The average molecular weight is 200 g/mol. The van der Waals surface area contributed by atoms with Crippen molar-refractivity contribution in [2.24, 2.45) is 5.92 Å². The molecule has 1 unspecified atom stereocenters. The predicted molar refractivity (Wildman–Crippen MR) is 50.4 cm³/mol. The molecule has 0 aromatic carbocycles. The van der Waals surface area contributed by atoms with Gasteiger partial charge in [0, 0.05) is 19.6 Å². The Morgan fingerprint density at radius 1 is 1.79 bits per heavy atom. The lowest BCUT2D eigenvalue weighted by Crippen LogP contribution is -2.43. The molecule has 0 aromatic heterocycles. The summed E-state index contributed by atoms with van der Waals surface area (Å²) in [6.45, 7) is 2.34. The Bertz CT molecular complexity index is 230. The van der Waals surface area contributed by atoms with Crippen LogP contribution in [0.1, 0.15) is 19.8 Å². The summed E-state index contributed by atoms with van der Waals surface area (Å²) in [5.41, 5.74) is 0. The summed E-state index contributed by atoms with van der Waals surface area (Å²) in [6, 6.07) is -0.381. The fraction of sp³-hybridized carbons (Fsp3) is 0.778. The van der Waals surface area contributed by atoms with E-state index in [0.29, 0.717) is 19.4 Å². The molecule has 1 aliphatic heterocycles. The Morgan fingerprint density at radius 3 is 3.00 bits per heavy atom. The van der Waals surface area contributed by atoms with Gasteiger partial charge in [0.2, 0.25) is 11.8 Å². The van der Waals surface area contributed by atoms with Crippen LogP contribution in [-0.4, -0.2) is 36.1 Å². The van der Waals surface area contributed by atoms with E-state index in [2.05, 4.69) is 10.6 Å². The molecule has 5 heteroatoms. The zero-order chi connectivity index (χ0) is 10.6. The highest BCUT2D eigenvalue weighted by Crippen LogP contribution is 2.06. The van der Waals surface area contributed by atoms with E-state index in [1.54, 1.807) is 0 Å². The van der Waals surface area contributed by atoms with Gasteiger partial charge in [0.15, 0.2) is 0 Å². The standard InChI is InChI=1S/C9H16N2O3/c1-6(5-12)4-10-9(14)7-2-3-8(13)11-7/h6-7,12H,2-5H2,1H3,(H,10,14)(H,11,13)/t6?,7-/m0/s1. The minimum absolute atomic E-state index is 0.0519. The third-order valence-corrected chi connectivity index (χ3v) is 2.25. The van der Waals surface area contributed by atoms with E-state index in [4.69, 9.17) is 5.11 Å². The average Bonchev–Trinajstić information content (AvgIpc) is 2.60. The van der Waals surface area contributed by atoms with Gasteiger partial charge in [-0.05, 0) is 12.3 Å². The van der Waals surface area contributed by atoms with E-state index in [1.165, 1.54) is 0 Å². The molecular formula is C9H16N2O3. The van der Waals surface area contributed by atoms with Gasteiger partial charge in [0.25, 0.3) is 0 Å². The summed E-state index contributed by atoms with van der Waals surface area (Å²) in [4.78, 5) is 22.2. The van der Waals surface area contributed by atoms with Crippen LogP contribution in [0.25, 0.3) is 0 Å². The van der Waals surface area contributed by atoms with Crippen LogP contribution in [0.15, 0.2) is 0 Å². The number of rotatable bonds is 4. The van der Waals surface area contributed by atoms with Crippen LogP contribution < -0.4 is 10.6 Å². The van der Waals surface area contributed by atoms with Crippen molar-refractivity contribution in [2.75, 3.05) is 13.2 Å². The largest absolute Gasteiger partial charge is 0.396 e. The number of aliphatic hydroxyl groups is 1. The smallest absolute Gasteiger partial charge is 0.242 e. The highest BCUT2D eigenvalue weighted by atomic mass is 16.3. The summed E-state index contributed by atoms with van der Waals surface area (Å²) >= 11 is 0. The lowest BCUT2D eigenvalue weighted by Gasteiger charge is -2.13. The molecule has 2 amide bonds. The second kappa shape index (κ2) is 4.95. The van der Waals surface area contributed by atoms with Gasteiger partial charge in [-0.2, -0.15) is 0 Å². The van der Waals surface area contributed by atoms with Crippen molar-refractivity contribution in [3.05, 3.63) is 0 Å². The normalized spacial score (nSPS) is 23.0. The maximum Gasteiger partial charge on any atom is 0.242 e. The van der Waals surface area contributed by atoms with E-state index in [9.17, 15) is 9.59 Å². The Labute approximate surface area is 82.9 Å². The molecule has 3 N–H and O–H groups in total. The van der Waals surface area contributed by atoms with Crippen LogP contribution >= 0.6 is 0 Å². The van der Waals surface area contributed by atoms with Crippen molar-refractivity contribution in [1.82, 2.24) is 10.6 Å². The van der Waals surface area contributed by atoms with Crippen LogP contribution in [0.4, 0.5) is 0 Å². The van der Waals surface area contributed by atoms with E-state index in [1.807, 2.05) is 6.92 Å². The number of hydrogen-bond acceptors (Lipinski definition) is 3. The molecule has 1 rings (SSSR count). The second-order valence-electron chi connectivity index (χ2n) is 3.69. The molecule has 0 radical (unpaired) electrons. The first kappa shape index (κ1) is 11.0. The van der Waals surface area contributed by atoms with E-state index in [-0.39, 0.29) is 30.4 Å². The van der Waals surface area contributed by atoms with Gasteiger partial charge in [0.1, 0.15) is 6.04 Å². The Kier molecular flexibility index (Phi) is 3.88. The molecule has 2 atom stereocenters. The highest BCUT2D eigenvalue weighted by Gasteiger charge is 2.26. The van der Waals surface area contributed by atoms with Gasteiger partial charge in [-0.25, -0.2) is 0 Å². The number of carbonyl (C=O) groups is 2. The van der Waals surface area contributed by atoms with Gasteiger partial charge in [-0.3, -0.25) is 9.59 Å². The number of aliphatic hydroxyl groups excluding tert-OH is 1. The summed E-state index contributed by atoms with van der Waals surface area (Å²) in [5.74, 6) is -0.174. The quantitative estimate of drug-likeness (QED) is 0.545. The third-order valence-electron chi connectivity index (χ3n) is 2.25. The van der Waals surface area contributed by atoms with Crippen molar-refractivity contribution < 1.29 is 14.7 Å². The van der Waals surface area contributed by atoms with E-state index in [0.717, 1.165) is 0 Å². The summed E-state index contributed by atoms with van der Waals surface area (Å²) in [5, 5.41) is 14.0. The third kappa shape index (κ3) is 2.99. The minimum atomic E-state index is -0.381. The number of hydrogen-bond donors (Lipinski definition) is 3. The summed E-state index contributed by atoms with van der Waals surface area (Å²) in [7, 11) is 0. The van der Waals surface area contributed by atoms with Crippen LogP contribution in [-0.2, 0) is 9.59 Å². The molecule has 1 heterocycles.